The molecule has 0 aromatic heterocycles. The van der Waals surface area contributed by atoms with Gasteiger partial charge in [0.05, 0.1) is 13.2 Å². The molecule has 3 rings (SSSR count). The Hall–Kier alpha value is -1.91. The third-order valence-corrected chi connectivity index (χ3v) is 5.04. The molecule has 1 aliphatic heterocycles. The van der Waals surface area contributed by atoms with Crippen LogP contribution < -0.4 is 10.1 Å². The van der Waals surface area contributed by atoms with Crippen LogP contribution >= 0.6 is 24.0 Å². The van der Waals surface area contributed by atoms with E-state index in [1.54, 1.807) is 19.2 Å². The van der Waals surface area contributed by atoms with E-state index in [1.807, 2.05) is 24.1 Å². The number of halogens is 2. The highest BCUT2D eigenvalue weighted by Gasteiger charge is 2.10. The molecule has 0 unspecified atom stereocenters. The zero-order valence-electron chi connectivity index (χ0n) is 18.2. The second-order valence-corrected chi connectivity index (χ2v) is 7.33. The zero-order valence-corrected chi connectivity index (χ0v) is 20.6. The molecular formula is C23H32FIN4O2. The molecule has 1 fully saturated rings. The summed E-state index contributed by atoms with van der Waals surface area (Å²) in [6.45, 7) is 6.41. The summed E-state index contributed by atoms with van der Waals surface area (Å²) in [7, 11) is 3.72. The average Bonchev–Trinajstić information content (AvgIpc) is 2.77. The molecule has 1 N–H and O–H groups in total. The summed E-state index contributed by atoms with van der Waals surface area (Å²) in [5, 5.41) is 3.38. The molecule has 1 heterocycles. The lowest BCUT2D eigenvalue weighted by atomic mass is 10.2. The van der Waals surface area contributed by atoms with Crippen molar-refractivity contribution in [3.63, 3.8) is 0 Å². The van der Waals surface area contributed by atoms with E-state index in [2.05, 4.69) is 27.3 Å². The Labute approximate surface area is 201 Å². The second kappa shape index (κ2) is 13.5. The predicted octanol–water partition coefficient (Wildman–Crippen LogP) is 3.36. The van der Waals surface area contributed by atoms with Crippen molar-refractivity contribution >= 4 is 29.9 Å². The molecule has 1 saturated heterocycles. The van der Waals surface area contributed by atoms with Crippen molar-refractivity contribution in [3.8, 4) is 5.75 Å². The van der Waals surface area contributed by atoms with E-state index in [-0.39, 0.29) is 29.8 Å². The highest BCUT2D eigenvalue weighted by atomic mass is 127. The molecule has 0 saturated carbocycles. The molecule has 0 radical (unpaired) electrons. The fraction of sp³-hybridized carbons (Fsp3) is 0.435. The van der Waals surface area contributed by atoms with Gasteiger partial charge in [0.15, 0.2) is 5.96 Å². The van der Waals surface area contributed by atoms with Gasteiger partial charge in [-0.1, -0.05) is 24.3 Å². The van der Waals surface area contributed by atoms with Gasteiger partial charge < -0.3 is 19.7 Å². The summed E-state index contributed by atoms with van der Waals surface area (Å²) in [5.41, 5.74) is 2.15. The van der Waals surface area contributed by atoms with Gasteiger partial charge in [-0.2, -0.15) is 0 Å². The van der Waals surface area contributed by atoms with Crippen LogP contribution in [0.4, 0.5) is 4.39 Å². The number of aliphatic imine (C=N–C) groups is 1. The maximum absolute atomic E-state index is 13.1. The van der Waals surface area contributed by atoms with Gasteiger partial charge in [-0.3, -0.25) is 9.89 Å². The van der Waals surface area contributed by atoms with Crippen LogP contribution in [0.25, 0.3) is 0 Å². The van der Waals surface area contributed by atoms with Gasteiger partial charge in [-0.05, 0) is 35.4 Å². The summed E-state index contributed by atoms with van der Waals surface area (Å²) in [6.07, 6.45) is 0. The number of nitrogens with zero attached hydrogens (tertiary/aromatic N) is 3. The molecule has 0 bridgehead atoms. The lowest BCUT2D eigenvalue weighted by Gasteiger charge is -2.26. The van der Waals surface area contributed by atoms with Crippen molar-refractivity contribution in [2.45, 2.75) is 13.1 Å². The fourth-order valence-electron chi connectivity index (χ4n) is 3.37. The number of benzene rings is 2. The van der Waals surface area contributed by atoms with Crippen molar-refractivity contribution in [1.82, 2.24) is 15.1 Å². The van der Waals surface area contributed by atoms with Crippen molar-refractivity contribution < 1.29 is 13.9 Å². The summed E-state index contributed by atoms with van der Waals surface area (Å²) in [4.78, 5) is 8.72. The van der Waals surface area contributed by atoms with Gasteiger partial charge in [-0.15, -0.1) is 24.0 Å². The van der Waals surface area contributed by atoms with Crippen molar-refractivity contribution in [2.75, 3.05) is 53.6 Å². The van der Waals surface area contributed by atoms with Crippen LogP contribution in [0.2, 0.25) is 0 Å². The van der Waals surface area contributed by atoms with Crippen molar-refractivity contribution in [2.24, 2.45) is 4.99 Å². The van der Waals surface area contributed by atoms with Gasteiger partial charge >= 0.3 is 0 Å². The van der Waals surface area contributed by atoms with Crippen LogP contribution in [0.1, 0.15) is 11.1 Å². The zero-order chi connectivity index (χ0) is 21.2. The van der Waals surface area contributed by atoms with Crippen LogP contribution in [-0.4, -0.2) is 69.3 Å². The minimum Gasteiger partial charge on any atom is -0.492 e. The van der Waals surface area contributed by atoms with Gasteiger partial charge in [0.2, 0.25) is 0 Å². The molecule has 8 heteroatoms. The Bertz CT molecular complexity index is 813. The molecule has 1 aliphatic rings. The molecule has 2 aromatic carbocycles. The first-order valence-electron chi connectivity index (χ1n) is 10.3. The Balaban J connectivity index is 0.00000341. The van der Waals surface area contributed by atoms with Crippen LogP contribution in [0.3, 0.4) is 0 Å². The molecule has 31 heavy (non-hydrogen) atoms. The number of morpholine rings is 1. The normalized spacial score (nSPS) is 14.6. The Morgan fingerprint density at radius 2 is 1.90 bits per heavy atom. The predicted molar refractivity (Wildman–Crippen MR) is 133 cm³/mol. The van der Waals surface area contributed by atoms with Gasteiger partial charge in [0.25, 0.3) is 0 Å². The second-order valence-electron chi connectivity index (χ2n) is 7.33. The number of ether oxygens (including phenoxy) is 2. The van der Waals surface area contributed by atoms with E-state index >= 15 is 0 Å². The number of hydrogen-bond donors (Lipinski definition) is 1. The topological polar surface area (TPSA) is 49.3 Å². The summed E-state index contributed by atoms with van der Waals surface area (Å²) in [6, 6.07) is 14.6. The molecule has 0 atom stereocenters. The first-order chi connectivity index (χ1) is 14.6. The summed E-state index contributed by atoms with van der Waals surface area (Å²) in [5.74, 6) is 1.42. The monoisotopic (exact) mass is 542 g/mol. The molecular weight excluding hydrogens is 510 g/mol. The molecule has 170 valence electrons. The number of rotatable bonds is 8. The van der Waals surface area contributed by atoms with Crippen LogP contribution in [0.5, 0.6) is 5.75 Å². The largest absolute Gasteiger partial charge is 0.492 e. The third kappa shape index (κ3) is 8.62. The summed E-state index contributed by atoms with van der Waals surface area (Å²) >= 11 is 0. The molecule has 2 aromatic rings. The number of nitrogens with one attached hydrogen (secondary N) is 1. The van der Waals surface area contributed by atoms with Gasteiger partial charge in [-0.25, -0.2) is 4.39 Å². The molecule has 0 spiro atoms. The van der Waals surface area contributed by atoms with E-state index in [9.17, 15) is 4.39 Å². The van der Waals surface area contributed by atoms with Crippen LogP contribution in [0, 0.1) is 5.82 Å². The fourth-order valence-corrected chi connectivity index (χ4v) is 3.37. The highest BCUT2D eigenvalue weighted by molar-refractivity contribution is 14.0. The van der Waals surface area contributed by atoms with E-state index in [0.29, 0.717) is 19.7 Å². The van der Waals surface area contributed by atoms with Crippen molar-refractivity contribution in [1.29, 1.82) is 0 Å². The van der Waals surface area contributed by atoms with Crippen molar-refractivity contribution in [3.05, 3.63) is 65.5 Å². The maximum Gasteiger partial charge on any atom is 0.193 e. The smallest absolute Gasteiger partial charge is 0.193 e. The van der Waals surface area contributed by atoms with E-state index < -0.39 is 0 Å². The quantitative estimate of drug-likeness (QED) is 0.315. The minimum atomic E-state index is -0.226. The Morgan fingerprint density at radius 3 is 2.61 bits per heavy atom. The van der Waals surface area contributed by atoms with Crippen LogP contribution in [0.15, 0.2) is 53.5 Å². The lowest BCUT2D eigenvalue weighted by molar-refractivity contribution is 0.0322. The van der Waals surface area contributed by atoms with E-state index in [1.165, 1.54) is 12.1 Å². The summed E-state index contributed by atoms with van der Waals surface area (Å²) < 4.78 is 24.4. The molecule has 0 amide bonds. The molecule has 6 nitrogen and oxygen atoms in total. The average molecular weight is 542 g/mol. The number of guanidine groups is 1. The van der Waals surface area contributed by atoms with Gasteiger partial charge in [0.1, 0.15) is 18.2 Å². The SMILES string of the molecule is CN=C(NCc1cccc(OCCN2CCOCC2)c1)N(C)Cc1ccc(F)cc1.I. The standard InChI is InChI=1S/C23H31FN4O2.HI/c1-25-23(27(2)18-19-6-8-21(24)9-7-19)26-17-20-4-3-5-22(16-20)30-15-12-28-10-13-29-14-11-28;/h3-9,16H,10-15,17-18H2,1-2H3,(H,25,26);1H. The highest BCUT2D eigenvalue weighted by Crippen LogP contribution is 2.14. The Kier molecular flexibility index (Phi) is 11.0. The first kappa shape index (κ1) is 25.4. The molecule has 0 aliphatic carbocycles. The van der Waals surface area contributed by atoms with Crippen LogP contribution in [-0.2, 0) is 17.8 Å². The lowest BCUT2D eigenvalue weighted by Crippen LogP contribution is -2.38. The Morgan fingerprint density at radius 1 is 1.16 bits per heavy atom. The van der Waals surface area contributed by atoms with E-state index in [0.717, 1.165) is 55.7 Å². The van der Waals surface area contributed by atoms with E-state index in [4.69, 9.17) is 9.47 Å². The number of hydrogen-bond acceptors (Lipinski definition) is 4. The third-order valence-electron chi connectivity index (χ3n) is 5.04. The first-order valence-corrected chi connectivity index (χ1v) is 10.3. The minimum absolute atomic E-state index is 0. The maximum atomic E-state index is 13.1. The van der Waals surface area contributed by atoms with Gasteiger partial charge in [0, 0.05) is 46.8 Å².